The molecular formula is C15H19BrClNO2. The highest BCUT2D eigenvalue weighted by Crippen LogP contribution is 2.25. The van der Waals surface area contributed by atoms with Gasteiger partial charge in [-0.15, -0.1) is 0 Å². The number of hydrogen-bond acceptors (Lipinski definition) is 2. The van der Waals surface area contributed by atoms with Crippen LogP contribution >= 0.6 is 27.5 Å². The van der Waals surface area contributed by atoms with Crippen LogP contribution in [0.2, 0.25) is 5.02 Å². The lowest BCUT2D eigenvalue weighted by Crippen LogP contribution is -2.55. The molecule has 1 aromatic rings. The molecule has 0 aromatic heterocycles. The maximum Gasteiger partial charge on any atom is 0.254 e. The molecule has 5 heteroatoms. The van der Waals surface area contributed by atoms with Crippen LogP contribution in [0.5, 0.6) is 0 Å². The molecule has 20 heavy (non-hydrogen) atoms. The van der Waals surface area contributed by atoms with Crippen molar-refractivity contribution in [2.75, 3.05) is 18.4 Å². The van der Waals surface area contributed by atoms with Crippen molar-refractivity contribution in [1.82, 2.24) is 4.90 Å². The van der Waals surface area contributed by atoms with E-state index in [4.69, 9.17) is 16.3 Å². The molecule has 1 fully saturated rings. The third kappa shape index (κ3) is 3.54. The van der Waals surface area contributed by atoms with Gasteiger partial charge in [0.2, 0.25) is 0 Å². The number of ether oxygens (including phenoxy) is 1. The average molecular weight is 361 g/mol. The van der Waals surface area contributed by atoms with Gasteiger partial charge in [0.15, 0.2) is 0 Å². The number of amides is 1. The summed E-state index contributed by atoms with van der Waals surface area (Å²) < 4.78 is 5.93. The van der Waals surface area contributed by atoms with Gasteiger partial charge in [-0.2, -0.15) is 0 Å². The number of aryl methyl sites for hydroxylation is 1. The van der Waals surface area contributed by atoms with E-state index in [1.807, 2.05) is 31.7 Å². The van der Waals surface area contributed by atoms with E-state index in [0.29, 0.717) is 23.7 Å². The number of rotatable bonds is 2. The van der Waals surface area contributed by atoms with Gasteiger partial charge in [-0.05, 0) is 38.5 Å². The molecule has 0 bridgehead atoms. The molecule has 1 amide bonds. The Bertz CT molecular complexity index is 519. The molecule has 1 aromatic carbocycles. The highest BCUT2D eigenvalue weighted by atomic mass is 79.9. The standard InChI is InChI=1S/C15H19BrClNO2/c1-10-4-5-11(17)6-13(10)14(19)18-8-12(7-16)20-15(2,3)9-18/h4-6,12H,7-9H2,1-3H3. The molecule has 1 saturated heterocycles. The van der Waals surface area contributed by atoms with Crippen molar-refractivity contribution >= 4 is 33.4 Å². The quantitative estimate of drug-likeness (QED) is 0.753. The second-order valence-corrected chi connectivity index (χ2v) is 6.88. The van der Waals surface area contributed by atoms with Gasteiger partial charge in [0.1, 0.15) is 0 Å². The van der Waals surface area contributed by atoms with E-state index in [2.05, 4.69) is 15.9 Å². The SMILES string of the molecule is Cc1ccc(Cl)cc1C(=O)N1CC(CBr)OC(C)(C)C1. The van der Waals surface area contributed by atoms with E-state index in [1.165, 1.54) is 0 Å². The summed E-state index contributed by atoms with van der Waals surface area (Å²) in [5.74, 6) is 0.0207. The molecule has 1 unspecified atom stereocenters. The number of morpholine rings is 1. The van der Waals surface area contributed by atoms with E-state index >= 15 is 0 Å². The van der Waals surface area contributed by atoms with Crippen LogP contribution in [0.25, 0.3) is 0 Å². The Morgan fingerprint density at radius 3 is 2.90 bits per heavy atom. The number of halogens is 2. The van der Waals surface area contributed by atoms with Gasteiger partial charge in [-0.25, -0.2) is 0 Å². The summed E-state index contributed by atoms with van der Waals surface area (Å²) >= 11 is 9.45. The van der Waals surface area contributed by atoms with Crippen LogP contribution in [0.1, 0.15) is 29.8 Å². The highest BCUT2D eigenvalue weighted by molar-refractivity contribution is 9.09. The van der Waals surface area contributed by atoms with Crippen LogP contribution in [0.4, 0.5) is 0 Å². The molecule has 0 spiro atoms. The Labute approximate surface area is 133 Å². The zero-order chi connectivity index (χ0) is 14.9. The molecule has 3 nitrogen and oxygen atoms in total. The minimum Gasteiger partial charge on any atom is -0.368 e. The highest BCUT2D eigenvalue weighted by Gasteiger charge is 2.35. The Morgan fingerprint density at radius 1 is 1.55 bits per heavy atom. The zero-order valence-corrected chi connectivity index (χ0v) is 14.3. The predicted molar refractivity (Wildman–Crippen MR) is 84.8 cm³/mol. The fraction of sp³-hybridized carbons (Fsp3) is 0.533. The molecule has 0 radical (unpaired) electrons. The number of carbonyl (C=O) groups is 1. The first-order valence-electron chi connectivity index (χ1n) is 6.61. The van der Waals surface area contributed by atoms with Crippen molar-refractivity contribution in [1.29, 1.82) is 0 Å². The van der Waals surface area contributed by atoms with Gasteiger partial charge < -0.3 is 9.64 Å². The van der Waals surface area contributed by atoms with Crippen molar-refractivity contribution < 1.29 is 9.53 Å². The normalized spacial score (nSPS) is 21.9. The van der Waals surface area contributed by atoms with Gasteiger partial charge in [-0.3, -0.25) is 4.79 Å². The minimum absolute atomic E-state index is 0.0159. The number of hydrogen-bond donors (Lipinski definition) is 0. The first-order chi connectivity index (χ1) is 9.32. The first kappa shape index (κ1) is 15.8. The van der Waals surface area contributed by atoms with E-state index in [-0.39, 0.29) is 17.6 Å². The van der Waals surface area contributed by atoms with E-state index in [0.717, 1.165) is 10.9 Å². The Balaban J connectivity index is 2.25. The first-order valence-corrected chi connectivity index (χ1v) is 8.11. The Kier molecular flexibility index (Phi) is 4.77. The number of nitrogens with zero attached hydrogens (tertiary/aromatic N) is 1. The van der Waals surface area contributed by atoms with Crippen molar-refractivity contribution in [3.05, 3.63) is 34.3 Å². The summed E-state index contributed by atoms with van der Waals surface area (Å²) in [6.07, 6.45) is 0.0159. The van der Waals surface area contributed by atoms with Gasteiger partial charge in [0.05, 0.1) is 11.7 Å². The fourth-order valence-corrected chi connectivity index (χ4v) is 3.03. The van der Waals surface area contributed by atoms with Gasteiger partial charge >= 0.3 is 0 Å². The number of alkyl halides is 1. The maximum absolute atomic E-state index is 12.7. The topological polar surface area (TPSA) is 29.5 Å². The lowest BCUT2D eigenvalue weighted by atomic mass is 10.0. The summed E-state index contributed by atoms with van der Waals surface area (Å²) in [6.45, 7) is 7.12. The van der Waals surface area contributed by atoms with Gasteiger partial charge in [-0.1, -0.05) is 33.6 Å². The number of benzene rings is 1. The third-order valence-corrected chi connectivity index (χ3v) is 4.33. The summed E-state index contributed by atoms with van der Waals surface area (Å²) in [4.78, 5) is 14.6. The van der Waals surface area contributed by atoms with E-state index < -0.39 is 0 Å². The van der Waals surface area contributed by atoms with Gasteiger partial charge in [0.25, 0.3) is 5.91 Å². The summed E-state index contributed by atoms with van der Waals surface area (Å²) in [5, 5.41) is 1.30. The maximum atomic E-state index is 12.7. The molecule has 2 rings (SSSR count). The Morgan fingerprint density at radius 2 is 2.25 bits per heavy atom. The largest absolute Gasteiger partial charge is 0.368 e. The average Bonchev–Trinajstić information content (AvgIpc) is 2.38. The molecule has 0 aliphatic carbocycles. The van der Waals surface area contributed by atoms with Crippen molar-refractivity contribution in [3.63, 3.8) is 0 Å². The molecule has 0 N–H and O–H groups in total. The molecule has 1 heterocycles. The van der Waals surface area contributed by atoms with Crippen LogP contribution in [0, 0.1) is 6.92 Å². The van der Waals surface area contributed by atoms with Crippen LogP contribution < -0.4 is 0 Å². The molecule has 0 saturated carbocycles. The van der Waals surface area contributed by atoms with Crippen LogP contribution in [-0.4, -0.2) is 40.9 Å². The molecule has 110 valence electrons. The van der Waals surface area contributed by atoms with Crippen molar-refractivity contribution in [2.24, 2.45) is 0 Å². The van der Waals surface area contributed by atoms with Crippen LogP contribution in [0.3, 0.4) is 0 Å². The molecule has 1 aliphatic heterocycles. The third-order valence-electron chi connectivity index (χ3n) is 3.37. The smallest absolute Gasteiger partial charge is 0.254 e. The zero-order valence-electron chi connectivity index (χ0n) is 12.0. The molecular weight excluding hydrogens is 342 g/mol. The van der Waals surface area contributed by atoms with Crippen LogP contribution in [-0.2, 0) is 4.74 Å². The predicted octanol–water partition coefficient (Wildman–Crippen LogP) is 3.66. The monoisotopic (exact) mass is 359 g/mol. The summed E-state index contributed by atoms with van der Waals surface area (Å²) in [5.41, 5.74) is 1.28. The second kappa shape index (κ2) is 6.04. The number of carbonyl (C=O) groups excluding carboxylic acids is 1. The van der Waals surface area contributed by atoms with Crippen molar-refractivity contribution in [3.8, 4) is 0 Å². The van der Waals surface area contributed by atoms with E-state index in [1.54, 1.807) is 12.1 Å². The summed E-state index contributed by atoms with van der Waals surface area (Å²) in [6, 6.07) is 5.42. The Hall–Kier alpha value is -0.580. The summed E-state index contributed by atoms with van der Waals surface area (Å²) in [7, 11) is 0. The van der Waals surface area contributed by atoms with Crippen molar-refractivity contribution in [2.45, 2.75) is 32.5 Å². The minimum atomic E-state index is -0.334. The van der Waals surface area contributed by atoms with Gasteiger partial charge in [0, 0.05) is 29.0 Å². The van der Waals surface area contributed by atoms with E-state index in [9.17, 15) is 4.79 Å². The van der Waals surface area contributed by atoms with Crippen LogP contribution in [0.15, 0.2) is 18.2 Å². The molecule has 1 aliphatic rings. The lowest BCUT2D eigenvalue weighted by Gasteiger charge is -2.42. The molecule has 1 atom stereocenters. The lowest BCUT2D eigenvalue weighted by molar-refractivity contribution is -0.116. The fourth-order valence-electron chi connectivity index (χ4n) is 2.53. The second-order valence-electron chi connectivity index (χ2n) is 5.80.